The minimum Gasteiger partial charge on any atom is -0.458 e. The zero-order valence-electron chi connectivity index (χ0n) is 15.5. The Hall–Kier alpha value is -2.57. The van der Waals surface area contributed by atoms with Gasteiger partial charge in [-0.3, -0.25) is 4.79 Å². The Bertz CT molecular complexity index is 644. The minimum atomic E-state index is -0.986. The molecule has 1 fully saturated rings. The smallest absolute Gasteiger partial charge is 0.407 e. The quantitative estimate of drug-likeness (QED) is 0.441. The summed E-state index contributed by atoms with van der Waals surface area (Å²) >= 11 is 0. The van der Waals surface area contributed by atoms with Crippen LogP contribution < -0.4 is 10.6 Å². The van der Waals surface area contributed by atoms with Crippen LogP contribution in [-0.2, 0) is 25.7 Å². The van der Waals surface area contributed by atoms with Crippen LogP contribution in [0.4, 0.5) is 4.79 Å². The van der Waals surface area contributed by atoms with E-state index in [0.29, 0.717) is 19.4 Å². The first kappa shape index (κ1) is 19.8. The molecule has 1 heterocycles. The van der Waals surface area contributed by atoms with Gasteiger partial charge in [0, 0.05) is 6.54 Å². The SMILES string of the molecule is CC(C)(C)OC(=O)C1(CCCNC(=O)OCc2ccccc2)CC(=O)N1. The molecule has 0 saturated carbocycles. The number of rotatable bonds is 7. The number of benzene rings is 1. The lowest BCUT2D eigenvalue weighted by Crippen LogP contribution is -2.66. The fourth-order valence-corrected chi connectivity index (χ4v) is 2.63. The second-order valence-electron chi connectivity index (χ2n) is 7.40. The summed E-state index contributed by atoms with van der Waals surface area (Å²) in [5, 5.41) is 5.30. The van der Waals surface area contributed by atoms with Gasteiger partial charge < -0.3 is 20.1 Å². The van der Waals surface area contributed by atoms with Crippen molar-refractivity contribution < 1.29 is 23.9 Å². The Kier molecular flexibility index (Phi) is 6.23. The monoisotopic (exact) mass is 362 g/mol. The van der Waals surface area contributed by atoms with Crippen LogP contribution in [0.5, 0.6) is 0 Å². The van der Waals surface area contributed by atoms with Crippen LogP contribution in [0.15, 0.2) is 30.3 Å². The zero-order valence-corrected chi connectivity index (χ0v) is 15.5. The van der Waals surface area contributed by atoms with Gasteiger partial charge in [-0.15, -0.1) is 0 Å². The van der Waals surface area contributed by atoms with Crippen molar-refractivity contribution >= 4 is 18.0 Å². The number of ether oxygens (including phenoxy) is 2. The minimum absolute atomic E-state index is 0.111. The summed E-state index contributed by atoms with van der Waals surface area (Å²) < 4.78 is 10.5. The molecule has 0 radical (unpaired) electrons. The van der Waals surface area contributed by atoms with Crippen molar-refractivity contribution in [2.24, 2.45) is 0 Å². The molecule has 1 aliphatic heterocycles. The number of alkyl carbamates (subject to hydrolysis) is 1. The van der Waals surface area contributed by atoms with Crippen molar-refractivity contribution in [3.8, 4) is 0 Å². The van der Waals surface area contributed by atoms with Gasteiger partial charge in [-0.2, -0.15) is 0 Å². The van der Waals surface area contributed by atoms with Crippen LogP contribution in [0.25, 0.3) is 0 Å². The molecule has 7 nitrogen and oxygen atoms in total. The topological polar surface area (TPSA) is 93.7 Å². The molecular formula is C19H26N2O5. The predicted molar refractivity (Wildman–Crippen MR) is 95.2 cm³/mol. The van der Waals surface area contributed by atoms with Gasteiger partial charge in [0.2, 0.25) is 5.91 Å². The summed E-state index contributed by atoms with van der Waals surface area (Å²) in [6, 6.07) is 9.39. The highest BCUT2D eigenvalue weighted by Crippen LogP contribution is 2.29. The van der Waals surface area contributed by atoms with E-state index in [4.69, 9.17) is 9.47 Å². The third kappa shape index (κ3) is 5.75. The third-order valence-corrected chi connectivity index (χ3v) is 3.89. The van der Waals surface area contributed by atoms with Gasteiger partial charge in [-0.1, -0.05) is 30.3 Å². The van der Waals surface area contributed by atoms with Crippen LogP contribution in [0.2, 0.25) is 0 Å². The Morgan fingerprint density at radius 1 is 1.23 bits per heavy atom. The lowest BCUT2D eigenvalue weighted by molar-refractivity contribution is -0.171. The van der Waals surface area contributed by atoms with Crippen LogP contribution in [0.3, 0.4) is 0 Å². The first-order valence-electron chi connectivity index (χ1n) is 8.69. The first-order valence-corrected chi connectivity index (χ1v) is 8.69. The molecule has 142 valence electrons. The van der Waals surface area contributed by atoms with Gasteiger partial charge in [-0.25, -0.2) is 9.59 Å². The van der Waals surface area contributed by atoms with Gasteiger partial charge in [0.15, 0.2) is 0 Å². The number of esters is 1. The van der Waals surface area contributed by atoms with E-state index in [1.54, 1.807) is 20.8 Å². The Morgan fingerprint density at radius 2 is 1.88 bits per heavy atom. The number of amides is 2. The highest BCUT2D eigenvalue weighted by Gasteiger charge is 2.51. The van der Waals surface area contributed by atoms with Gasteiger partial charge in [0.25, 0.3) is 0 Å². The summed E-state index contributed by atoms with van der Waals surface area (Å²) in [6.07, 6.45) is 0.505. The van der Waals surface area contributed by atoms with E-state index >= 15 is 0 Å². The molecule has 0 bridgehead atoms. The molecule has 1 aromatic rings. The molecule has 0 spiro atoms. The van der Waals surface area contributed by atoms with Gasteiger partial charge in [-0.05, 0) is 39.2 Å². The summed E-state index contributed by atoms with van der Waals surface area (Å²) in [4.78, 5) is 35.4. The molecule has 1 aromatic carbocycles. The van der Waals surface area contributed by atoms with Crippen molar-refractivity contribution in [1.29, 1.82) is 0 Å². The maximum Gasteiger partial charge on any atom is 0.407 e. The molecule has 1 aliphatic rings. The van der Waals surface area contributed by atoms with Crippen LogP contribution >= 0.6 is 0 Å². The van der Waals surface area contributed by atoms with Gasteiger partial charge >= 0.3 is 12.1 Å². The average molecular weight is 362 g/mol. The van der Waals surface area contributed by atoms with E-state index in [0.717, 1.165) is 5.56 Å². The summed E-state index contributed by atoms with van der Waals surface area (Å²) in [7, 11) is 0. The second-order valence-corrected chi connectivity index (χ2v) is 7.40. The summed E-state index contributed by atoms with van der Waals surface area (Å²) in [6.45, 7) is 5.88. The van der Waals surface area contributed by atoms with Crippen LogP contribution in [0, 0.1) is 0 Å². The lowest BCUT2D eigenvalue weighted by Gasteiger charge is -2.41. The van der Waals surface area contributed by atoms with Crippen LogP contribution in [-0.4, -0.2) is 35.7 Å². The number of hydrogen-bond donors (Lipinski definition) is 2. The third-order valence-electron chi connectivity index (χ3n) is 3.89. The largest absolute Gasteiger partial charge is 0.458 e. The highest BCUT2D eigenvalue weighted by molar-refractivity contribution is 5.99. The van der Waals surface area contributed by atoms with E-state index in [1.807, 2.05) is 30.3 Å². The second kappa shape index (κ2) is 8.21. The van der Waals surface area contributed by atoms with E-state index in [2.05, 4.69) is 10.6 Å². The van der Waals surface area contributed by atoms with Crippen molar-refractivity contribution in [2.75, 3.05) is 6.54 Å². The van der Waals surface area contributed by atoms with Crippen LogP contribution in [0.1, 0.15) is 45.6 Å². The van der Waals surface area contributed by atoms with Crippen molar-refractivity contribution in [3.05, 3.63) is 35.9 Å². The number of β-lactam (4-membered cyclic amide) rings is 1. The molecule has 2 amide bonds. The number of hydrogen-bond acceptors (Lipinski definition) is 5. The van der Waals surface area contributed by atoms with Crippen molar-refractivity contribution in [3.63, 3.8) is 0 Å². The van der Waals surface area contributed by atoms with E-state index < -0.39 is 23.2 Å². The molecule has 2 rings (SSSR count). The normalized spacial score (nSPS) is 19.1. The Balaban J connectivity index is 1.72. The first-order chi connectivity index (χ1) is 12.2. The summed E-state index contributed by atoms with van der Waals surface area (Å²) in [5.74, 6) is -0.609. The maximum atomic E-state index is 12.3. The van der Waals surface area contributed by atoms with E-state index in [-0.39, 0.29) is 18.9 Å². The molecule has 0 aromatic heterocycles. The predicted octanol–water partition coefficient (Wildman–Crippen LogP) is 2.29. The molecule has 1 saturated heterocycles. The Labute approximate surface area is 153 Å². The number of carbonyl (C=O) groups is 3. The fraction of sp³-hybridized carbons (Fsp3) is 0.526. The van der Waals surface area contributed by atoms with E-state index in [9.17, 15) is 14.4 Å². The fourth-order valence-electron chi connectivity index (χ4n) is 2.63. The lowest BCUT2D eigenvalue weighted by atomic mass is 9.82. The summed E-state index contributed by atoms with van der Waals surface area (Å²) in [5.41, 5.74) is -0.701. The van der Waals surface area contributed by atoms with Gasteiger partial charge in [0.05, 0.1) is 6.42 Å². The molecule has 1 atom stereocenters. The highest BCUT2D eigenvalue weighted by atomic mass is 16.6. The maximum absolute atomic E-state index is 12.3. The molecular weight excluding hydrogens is 336 g/mol. The molecule has 26 heavy (non-hydrogen) atoms. The molecule has 0 aliphatic carbocycles. The van der Waals surface area contributed by atoms with E-state index in [1.165, 1.54) is 0 Å². The molecule has 1 unspecified atom stereocenters. The number of carbonyl (C=O) groups excluding carboxylic acids is 3. The Morgan fingerprint density at radius 3 is 2.46 bits per heavy atom. The van der Waals surface area contributed by atoms with Crippen molar-refractivity contribution in [2.45, 2.75) is 57.8 Å². The zero-order chi connectivity index (χ0) is 19.2. The number of nitrogens with one attached hydrogen (secondary N) is 2. The molecule has 7 heteroatoms. The van der Waals surface area contributed by atoms with Gasteiger partial charge in [0.1, 0.15) is 17.7 Å². The average Bonchev–Trinajstić information content (AvgIpc) is 2.54. The molecule has 2 N–H and O–H groups in total. The standard InChI is InChI=1S/C19H26N2O5/c1-18(2,3)26-16(23)19(12-15(22)21-19)10-7-11-20-17(24)25-13-14-8-5-4-6-9-14/h4-6,8-9H,7,10-13H2,1-3H3,(H,20,24)(H,21,22). The van der Waals surface area contributed by atoms with Crippen molar-refractivity contribution in [1.82, 2.24) is 10.6 Å².